The topological polar surface area (TPSA) is 158 Å². The molecule has 0 unspecified atom stereocenters. The fraction of sp³-hybridized carbons (Fsp3) is 0.512. The van der Waals surface area contributed by atoms with Crippen LogP contribution in [0, 0.1) is 17.6 Å². The lowest BCUT2D eigenvalue weighted by Gasteiger charge is -2.50. The summed E-state index contributed by atoms with van der Waals surface area (Å²) in [6, 6.07) is 8.76. The summed E-state index contributed by atoms with van der Waals surface area (Å²) < 4.78 is 28.2. The molecule has 7 heterocycles. The third kappa shape index (κ3) is 6.92. The first kappa shape index (κ1) is 38.0. The number of piperidine rings is 2. The van der Waals surface area contributed by atoms with E-state index in [9.17, 15) is 33.1 Å². The summed E-state index contributed by atoms with van der Waals surface area (Å²) in [5.74, 6) is -2.38. The minimum absolute atomic E-state index is 0.0279. The molecule has 3 N–H and O–H groups in total. The molecule has 4 fully saturated rings. The zero-order chi connectivity index (χ0) is 40.4. The van der Waals surface area contributed by atoms with Crippen molar-refractivity contribution in [2.75, 3.05) is 74.0 Å². The summed E-state index contributed by atoms with van der Waals surface area (Å²) in [4.78, 5) is 64.2. The van der Waals surface area contributed by atoms with Crippen molar-refractivity contribution in [3.8, 4) is 17.0 Å². The number of nitrogens with zero attached hydrogens (tertiary/aromatic N) is 8. The first-order valence-electron chi connectivity index (χ1n) is 20.3. The van der Waals surface area contributed by atoms with Gasteiger partial charge in [-0.2, -0.15) is 0 Å². The Hall–Kier alpha value is -5.58. The van der Waals surface area contributed by atoms with E-state index < -0.39 is 29.3 Å². The molecule has 3 aromatic rings. The molecule has 0 aliphatic carbocycles. The highest BCUT2D eigenvalue weighted by Crippen LogP contribution is 2.38. The average Bonchev–Trinajstić information content (AvgIpc) is 3.53. The highest BCUT2D eigenvalue weighted by atomic mass is 19.1. The molecule has 17 heteroatoms. The second-order valence-corrected chi connectivity index (χ2v) is 16.7. The van der Waals surface area contributed by atoms with Crippen LogP contribution >= 0.6 is 0 Å². The Labute approximate surface area is 334 Å². The molecule has 4 atom stereocenters. The van der Waals surface area contributed by atoms with E-state index >= 15 is 0 Å². The zero-order valence-electron chi connectivity index (χ0n) is 32.7. The molecule has 6 aliphatic heterocycles. The van der Waals surface area contributed by atoms with Gasteiger partial charge in [0.25, 0.3) is 5.91 Å². The number of aromatic hydroxyl groups is 1. The fourth-order valence-corrected chi connectivity index (χ4v) is 9.95. The summed E-state index contributed by atoms with van der Waals surface area (Å²) in [7, 11) is 0. The van der Waals surface area contributed by atoms with Gasteiger partial charge in [-0.25, -0.2) is 13.6 Å². The van der Waals surface area contributed by atoms with Crippen LogP contribution in [0.25, 0.3) is 11.3 Å². The number of halogens is 2. The lowest BCUT2D eigenvalue weighted by Crippen LogP contribution is -2.65. The maximum atomic E-state index is 14.1. The second kappa shape index (κ2) is 15.0. The van der Waals surface area contributed by atoms with E-state index in [4.69, 9.17) is 0 Å². The van der Waals surface area contributed by atoms with Crippen LogP contribution < -0.4 is 20.4 Å². The maximum absolute atomic E-state index is 14.1. The number of imide groups is 1. The van der Waals surface area contributed by atoms with E-state index in [-0.39, 0.29) is 53.6 Å². The number of urea groups is 1. The number of carbonyl (C=O) groups excluding carboxylic acids is 4. The average molecular weight is 799 g/mol. The van der Waals surface area contributed by atoms with Crippen LogP contribution in [-0.4, -0.2) is 142 Å². The van der Waals surface area contributed by atoms with Gasteiger partial charge in [0.2, 0.25) is 11.8 Å². The third-order valence-corrected chi connectivity index (χ3v) is 12.9. The molecular formula is C41H48F2N10O5. The number of nitrogens with one attached hydrogen (secondary N) is 2. The van der Waals surface area contributed by atoms with Crippen LogP contribution in [0.3, 0.4) is 0 Å². The van der Waals surface area contributed by atoms with Crippen molar-refractivity contribution < 1.29 is 33.1 Å². The van der Waals surface area contributed by atoms with Crippen molar-refractivity contribution in [1.82, 2.24) is 35.1 Å². The van der Waals surface area contributed by atoms with Crippen LogP contribution in [0.2, 0.25) is 0 Å². The van der Waals surface area contributed by atoms with Crippen LogP contribution in [0.15, 0.2) is 36.4 Å². The molecule has 2 aromatic carbocycles. The molecular weight excluding hydrogens is 751 g/mol. The SMILES string of the molecule is C[C@@H]1CN(CC2CCN(c3ccc4c(c3)C(=O)N([C@@H]3CCC(=O)NC3=O)C4)CC2)C[C@H](C)N1C(=O)N1CCN2c3cc(-c4cc(F)cc(F)c4O)nnc3NC[C@H]2C1. The molecule has 4 saturated heterocycles. The number of phenolic OH excluding ortho intramolecular Hbond substituents is 1. The molecule has 6 aliphatic rings. The quantitative estimate of drug-likeness (QED) is 0.326. The van der Waals surface area contributed by atoms with Gasteiger partial charge in [0.05, 0.1) is 17.4 Å². The minimum Gasteiger partial charge on any atom is -0.504 e. The Balaban J connectivity index is 0.773. The number of piperazine rings is 2. The Bertz CT molecular complexity index is 2150. The molecule has 5 amide bonds. The number of aromatic nitrogens is 2. The molecule has 58 heavy (non-hydrogen) atoms. The van der Waals surface area contributed by atoms with Gasteiger partial charge < -0.3 is 34.9 Å². The number of carbonyl (C=O) groups is 4. The molecule has 0 saturated carbocycles. The second-order valence-electron chi connectivity index (χ2n) is 16.7. The first-order chi connectivity index (χ1) is 27.9. The third-order valence-electron chi connectivity index (χ3n) is 12.9. The van der Waals surface area contributed by atoms with Gasteiger partial charge in [-0.05, 0) is 68.9 Å². The standard InChI is InChI=1S/C41H48F2N10O5/c1-23-18-48(20-25-7-9-49(10-8-25)28-4-3-26-21-52(40(57)30(26)15-28)34-5-6-36(54)45-39(34)56)19-24(2)53(23)41(58)50-11-12-51-29(22-50)17-44-38-35(51)16-33(46-47-38)31-13-27(42)14-32(43)37(31)55/h3-4,13-16,23-25,29,34,55H,5-12,17-22H2,1-2H3,(H,44,47)(H,45,54,56)/t23-,24+,29-,34+/m0/s1. The number of anilines is 3. The van der Waals surface area contributed by atoms with Gasteiger partial charge in [0, 0.05) is 107 Å². The highest BCUT2D eigenvalue weighted by molar-refractivity contribution is 6.05. The molecule has 0 spiro atoms. The summed E-state index contributed by atoms with van der Waals surface area (Å²) in [5, 5.41) is 24.3. The largest absolute Gasteiger partial charge is 0.504 e. The molecule has 306 valence electrons. The zero-order valence-corrected chi connectivity index (χ0v) is 32.7. The van der Waals surface area contributed by atoms with Crippen LogP contribution in [0.4, 0.5) is 30.8 Å². The maximum Gasteiger partial charge on any atom is 0.320 e. The van der Waals surface area contributed by atoms with Crippen molar-refractivity contribution in [1.29, 1.82) is 0 Å². The van der Waals surface area contributed by atoms with Crippen molar-refractivity contribution in [2.24, 2.45) is 5.92 Å². The molecule has 15 nitrogen and oxygen atoms in total. The Morgan fingerprint density at radius 1 is 0.897 bits per heavy atom. The fourth-order valence-electron chi connectivity index (χ4n) is 9.95. The van der Waals surface area contributed by atoms with Gasteiger partial charge >= 0.3 is 6.03 Å². The van der Waals surface area contributed by atoms with Crippen molar-refractivity contribution in [3.63, 3.8) is 0 Å². The van der Waals surface area contributed by atoms with E-state index in [2.05, 4.69) is 55.4 Å². The number of rotatable bonds is 5. The summed E-state index contributed by atoms with van der Waals surface area (Å²) in [5.41, 5.74) is 3.34. The van der Waals surface area contributed by atoms with Crippen LogP contribution in [-0.2, 0) is 16.1 Å². The normalized spacial score (nSPS) is 25.3. The molecule has 1 aromatic heterocycles. The Morgan fingerprint density at radius 3 is 2.43 bits per heavy atom. The lowest BCUT2D eigenvalue weighted by atomic mass is 9.94. The first-order valence-corrected chi connectivity index (χ1v) is 20.3. The van der Waals surface area contributed by atoms with E-state index in [0.717, 1.165) is 62.9 Å². The van der Waals surface area contributed by atoms with Crippen molar-refractivity contribution in [2.45, 2.75) is 70.2 Å². The van der Waals surface area contributed by atoms with Crippen LogP contribution in [0.5, 0.6) is 5.75 Å². The molecule has 0 bridgehead atoms. The molecule has 0 radical (unpaired) electrons. The van der Waals surface area contributed by atoms with Gasteiger partial charge in [-0.15, -0.1) is 10.2 Å². The van der Waals surface area contributed by atoms with Crippen molar-refractivity contribution in [3.05, 3.63) is 59.2 Å². The predicted molar refractivity (Wildman–Crippen MR) is 210 cm³/mol. The Morgan fingerprint density at radius 2 is 1.67 bits per heavy atom. The predicted octanol–water partition coefficient (Wildman–Crippen LogP) is 3.24. The highest BCUT2D eigenvalue weighted by Gasteiger charge is 2.42. The van der Waals surface area contributed by atoms with Crippen LogP contribution in [0.1, 0.15) is 55.5 Å². The summed E-state index contributed by atoms with van der Waals surface area (Å²) in [6.45, 7) is 11.0. The number of amides is 5. The number of benzene rings is 2. The van der Waals surface area contributed by atoms with Gasteiger partial charge in [-0.3, -0.25) is 24.6 Å². The van der Waals surface area contributed by atoms with Gasteiger partial charge in [0.1, 0.15) is 11.9 Å². The number of hydrogen-bond acceptors (Lipinski definition) is 11. The van der Waals surface area contributed by atoms with E-state index in [1.807, 2.05) is 21.9 Å². The summed E-state index contributed by atoms with van der Waals surface area (Å²) in [6.07, 6.45) is 2.62. The summed E-state index contributed by atoms with van der Waals surface area (Å²) >= 11 is 0. The molecule has 9 rings (SSSR count). The lowest BCUT2D eigenvalue weighted by molar-refractivity contribution is -0.136. The smallest absolute Gasteiger partial charge is 0.320 e. The van der Waals surface area contributed by atoms with E-state index in [1.165, 1.54) is 0 Å². The van der Waals surface area contributed by atoms with Gasteiger partial charge in [0.15, 0.2) is 17.4 Å². The monoisotopic (exact) mass is 798 g/mol. The van der Waals surface area contributed by atoms with E-state index in [1.54, 1.807) is 11.0 Å². The number of phenols is 1. The minimum atomic E-state index is -1.07. The number of hydrogen-bond donors (Lipinski definition) is 3. The number of fused-ring (bicyclic) bond motifs is 4. The Kier molecular flexibility index (Phi) is 9.80. The van der Waals surface area contributed by atoms with E-state index in [0.29, 0.717) is 68.2 Å². The van der Waals surface area contributed by atoms with Crippen molar-refractivity contribution >= 4 is 40.9 Å². The van der Waals surface area contributed by atoms with Gasteiger partial charge in [-0.1, -0.05) is 6.07 Å².